The molecule has 1 aromatic rings. The number of fused-ring (bicyclic) bond motifs is 1. The largest absolute Gasteiger partial charge is 0.357 e. The van der Waals surface area contributed by atoms with E-state index < -0.39 is 0 Å². The van der Waals surface area contributed by atoms with Gasteiger partial charge in [-0.2, -0.15) is 0 Å². The molecule has 0 saturated carbocycles. The summed E-state index contributed by atoms with van der Waals surface area (Å²) in [6.45, 7) is 0. The van der Waals surface area contributed by atoms with E-state index in [0.29, 0.717) is 6.04 Å². The summed E-state index contributed by atoms with van der Waals surface area (Å²) >= 11 is 0. The summed E-state index contributed by atoms with van der Waals surface area (Å²) < 4.78 is 24.0. The van der Waals surface area contributed by atoms with Crippen molar-refractivity contribution in [1.82, 2.24) is 9.47 Å². The molecule has 1 aliphatic rings. The average Bonchev–Trinajstić information content (AvgIpc) is 2.73. The lowest BCUT2D eigenvalue weighted by molar-refractivity contribution is 0.268. The lowest BCUT2D eigenvalue weighted by Crippen LogP contribution is -2.32. The van der Waals surface area contributed by atoms with Crippen molar-refractivity contribution in [3.8, 4) is 0 Å². The Labute approximate surface area is 84.4 Å². The van der Waals surface area contributed by atoms with Crippen molar-refractivity contribution in [2.45, 2.75) is 25.3 Å². The van der Waals surface area contributed by atoms with Crippen LogP contribution in [0.3, 0.4) is 0 Å². The molecule has 1 aromatic heterocycles. The number of rotatable bonds is 1. The first-order chi connectivity index (χ1) is 7.78. The number of aromatic nitrogens is 1. The van der Waals surface area contributed by atoms with Crippen LogP contribution in [-0.4, -0.2) is 29.6 Å². The molecule has 0 spiro atoms. The zero-order valence-electron chi connectivity index (χ0n) is 10.9. The fraction of sp³-hybridized carbons (Fsp3) is 0.636. The normalized spacial score (nSPS) is 25.0. The molecule has 2 nitrogen and oxygen atoms in total. The Bertz CT molecular complexity index is 347. The Morgan fingerprint density at radius 2 is 2.31 bits per heavy atom. The second-order valence-electron chi connectivity index (χ2n) is 3.81. The highest BCUT2D eigenvalue weighted by Gasteiger charge is 2.20. The molecule has 2 heteroatoms. The third-order valence-corrected chi connectivity index (χ3v) is 2.77. The van der Waals surface area contributed by atoms with Gasteiger partial charge in [-0.1, -0.05) is 0 Å². The van der Waals surface area contributed by atoms with Crippen LogP contribution in [0.5, 0.6) is 0 Å². The average molecular weight is 181 g/mol. The fourth-order valence-corrected chi connectivity index (χ4v) is 2.00. The van der Waals surface area contributed by atoms with Crippen LogP contribution in [0, 0.1) is 0 Å². The minimum atomic E-state index is 0.211. The summed E-state index contributed by atoms with van der Waals surface area (Å²) in [7, 11) is 0.698. The zero-order chi connectivity index (χ0) is 11.5. The maximum absolute atomic E-state index is 7.39. The molecule has 1 aliphatic carbocycles. The maximum Gasteiger partial charge on any atom is 0.0460 e. The van der Waals surface area contributed by atoms with E-state index in [9.17, 15) is 0 Å². The molecule has 0 radical (unpaired) electrons. The van der Waals surface area contributed by atoms with E-state index >= 15 is 0 Å². The van der Waals surface area contributed by atoms with Crippen LogP contribution in [-0.2, 0) is 19.9 Å². The van der Waals surface area contributed by atoms with Crippen LogP contribution in [0.25, 0.3) is 0 Å². The molecule has 1 atom stereocenters. The summed E-state index contributed by atoms with van der Waals surface area (Å²) in [5, 5.41) is 0. The number of likely N-dealkylation sites (N-methyl/N-ethyl adjacent to an activating group) is 1. The molecule has 0 fully saturated rings. The third kappa shape index (κ3) is 1.63. The SMILES string of the molecule is [2H]CN(C[2H])C1CCc2cn(C[2H])cc2C1. The van der Waals surface area contributed by atoms with Gasteiger partial charge in [-0.25, -0.2) is 0 Å². The van der Waals surface area contributed by atoms with E-state index in [4.69, 9.17) is 4.11 Å². The third-order valence-electron chi connectivity index (χ3n) is 2.77. The van der Waals surface area contributed by atoms with Crippen LogP contribution < -0.4 is 0 Å². The Kier molecular flexibility index (Phi) is 1.44. The Hall–Kier alpha value is -0.760. The Morgan fingerprint density at radius 1 is 1.46 bits per heavy atom. The number of nitrogens with zero attached hydrogens (tertiary/aromatic N) is 2. The predicted molar refractivity (Wildman–Crippen MR) is 54.9 cm³/mol. The van der Waals surface area contributed by atoms with Gasteiger partial charge in [0.2, 0.25) is 0 Å². The highest BCUT2D eigenvalue weighted by Crippen LogP contribution is 2.23. The van der Waals surface area contributed by atoms with Gasteiger partial charge in [0, 0.05) is 29.6 Å². The van der Waals surface area contributed by atoms with E-state index in [0.717, 1.165) is 19.3 Å². The standard InChI is InChI=1S/C11H18N2/c1-12(2)11-5-4-9-7-13(3)8-10(9)6-11/h7-8,11H,4-6H2,1-3H3/i1D,2D,3D. The first-order valence-corrected chi connectivity index (χ1v) is 4.57. The van der Waals surface area contributed by atoms with E-state index in [1.54, 1.807) is 0 Å². The molecule has 0 saturated heterocycles. The second-order valence-corrected chi connectivity index (χ2v) is 3.81. The lowest BCUT2D eigenvalue weighted by atomic mass is 9.91. The molecule has 13 heavy (non-hydrogen) atoms. The summed E-state index contributed by atoms with van der Waals surface area (Å²) in [4.78, 5) is 1.89. The van der Waals surface area contributed by atoms with Gasteiger partial charge in [0.05, 0.1) is 0 Å². The summed E-state index contributed by atoms with van der Waals surface area (Å²) in [6.07, 6.45) is 7.08. The van der Waals surface area contributed by atoms with Crippen molar-refractivity contribution in [3.05, 3.63) is 23.5 Å². The van der Waals surface area contributed by atoms with Crippen LogP contribution >= 0.6 is 0 Å². The Balaban J connectivity index is 2.10. The fourth-order valence-electron chi connectivity index (χ4n) is 2.00. The first kappa shape index (κ1) is 5.86. The molecule has 0 aromatic carbocycles. The van der Waals surface area contributed by atoms with Crippen molar-refractivity contribution in [2.24, 2.45) is 7.02 Å². The molecule has 0 amide bonds. The lowest BCUT2D eigenvalue weighted by Gasteiger charge is -2.28. The van der Waals surface area contributed by atoms with Gasteiger partial charge in [-0.3, -0.25) is 0 Å². The topological polar surface area (TPSA) is 8.17 Å². The van der Waals surface area contributed by atoms with Crippen molar-refractivity contribution in [1.29, 1.82) is 0 Å². The van der Waals surface area contributed by atoms with Gasteiger partial charge in [-0.05, 0) is 44.4 Å². The minimum absolute atomic E-state index is 0.211. The molecule has 1 unspecified atom stereocenters. The molecular weight excluding hydrogens is 160 g/mol. The highest BCUT2D eigenvalue weighted by molar-refractivity contribution is 5.28. The van der Waals surface area contributed by atoms with Crippen LogP contribution in [0.2, 0.25) is 0 Å². The second kappa shape index (κ2) is 3.18. The summed E-state index contributed by atoms with van der Waals surface area (Å²) in [6, 6.07) is 0.337. The number of aryl methyl sites for hydroxylation is 2. The quantitative estimate of drug-likeness (QED) is 0.636. The smallest absolute Gasteiger partial charge is 0.0460 e. The number of hydrogen-bond donors (Lipinski definition) is 0. The van der Waals surface area contributed by atoms with Crippen LogP contribution in [0.1, 0.15) is 21.7 Å². The van der Waals surface area contributed by atoms with Gasteiger partial charge < -0.3 is 9.47 Å². The number of hydrogen-bond acceptors (Lipinski definition) is 1. The van der Waals surface area contributed by atoms with Gasteiger partial charge >= 0.3 is 0 Å². The molecule has 1 heterocycles. The van der Waals surface area contributed by atoms with Crippen LogP contribution in [0.4, 0.5) is 0 Å². The van der Waals surface area contributed by atoms with E-state index in [2.05, 4.69) is 6.20 Å². The van der Waals surface area contributed by atoms with Gasteiger partial charge in [0.25, 0.3) is 0 Å². The zero-order valence-corrected chi connectivity index (χ0v) is 7.87. The van der Waals surface area contributed by atoms with Crippen molar-refractivity contribution in [2.75, 3.05) is 14.0 Å². The maximum atomic E-state index is 7.39. The van der Waals surface area contributed by atoms with Crippen molar-refractivity contribution in [3.63, 3.8) is 0 Å². The Morgan fingerprint density at radius 3 is 3.08 bits per heavy atom. The first-order valence-electron chi connectivity index (χ1n) is 6.70. The monoisotopic (exact) mass is 181 g/mol. The highest BCUT2D eigenvalue weighted by atomic mass is 15.1. The molecule has 2 rings (SSSR count). The van der Waals surface area contributed by atoms with E-state index in [1.165, 1.54) is 11.1 Å². The molecule has 0 aliphatic heterocycles. The van der Waals surface area contributed by atoms with Gasteiger partial charge in [0.15, 0.2) is 0 Å². The molecule has 72 valence electrons. The minimum Gasteiger partial charge on any atom is -0.357 e. The van der Waals surface area contributed by atoms with E-state index in [-0.39, 0.29) is 21.1 Å². The van der Waals surface area contributed by atoms with Gasteiger partial charge in [0.1, 0.15) is 0 Å². The summed E-state index contributed by atoms with van der Waals surface area (Å²) in [5.41, 5.74) is 2.65. The van der Waals surface area contributed by atoms with Gasteiger partial charge in [-0.15, -0.1) is 0 Å². The van der Waals surface area contributed by atoms with Crippen molar-refractivity contribution < 1.29 is 4.11 Å². The predicted octanol–water partition coefficient (Wildman–Crippen LogP) is 1.44. The molecular formula is C11H18N2. The molecule has 0 N–H and O–H groups in total. The molecule has 0 bridgehead atoms. The van der Waals surface area contributed by atoms with Crippen LogP contribution in [0.15, 0.2) is 12.4 Å². The van der Waals surface area contributed by atoms with Crippen molar-refractivity contribution >= 4 is 0 Å². The van der Waals surface area contributed by atoms with E-state index in [1.807, 2.05) is 15.7 Å². The summed E-state index contributed by atoms with van der Waals surface area (Å²) in [5.74, 6) is 0.